The van der Waals surface area contributed by atoms with Gasteiger partial charge in [-0.05, 0) is 60.9 Å². The van der Waals surface area contributed by atoms with Crippen LogP contribution < -0.4 is 5.32 Å². The first kappa shape index (κ1) is 20.8. The van der Waals surface area contributed by atoms with Crippen molar-refractivity contribution in [3.63, 3.8) is 0 Å². The van der Waals surface area contributed by atoms with Crippen molar-refractivity contribution in [2.75, 3.05) is 5.32 Å². The van der Waals surface area contributed by atoms with Crippen molar-refractivity contribution in [2.24, 2.45) is 0 Å². The van der Waals surface area contributed by atoms with Crippen LogP contribution in [0.1, 0.15) is 18.4 Å². The van der Waals surface area contributed by atoms with E-state index >= 15 is 0 Å². The van der Waals surface area contributed by atoms with Gasteiger partial charge in [-0.3, -0.25) is 4.79 Å². The molecule has 164 valence electrons. The second-order valence-electron chi connectivity index (χ2n) is 7.94. The molecule has 0 bridgehead atoms. The minimum absolute atomic E-state index is 0.165. The first-order chi connectivity index (χ1) is 16.1. The van der Waals surface area contributed by atoms with Gasteiger partial charge in [-0.25, -0.2) is 13.8 Å². The first-order valence-corrected chi connectivity index (χ1v) is 10.8. The van der Waals surface area contributed by atoms with Crippen LogP contribution in [0.4, 0.5) is 14.5 Å². The summed E-state index contributed by atoms with van der Waals surface area (Å²) in [5, 5.41) is 4.42. The van der Waals surface area contributed by atoms with Crippen LogP contribution in [0.2, 0.25) is 0 Å². The Labute approximate surface area is 189 Å². The number of pyridine rings is 1. The summed E-state index contributed by atoms with van der Waals surface area (Å²) in [7, 11) is 0. The van der Waals surface area contributed by atoms with Gasteiger partial charge in [0.25, 0.3) is 0 Å². The van der Waals surface area contributed by atoms with Crippen LogP contribution in [0, 0.1) is 11.6 Å². The van der Waals surface area contributed by atoms with Gasteiger partial charge in [0.15, 0.2) is 0 Å². The predicted octanol–water partition coefficient (Wildman–Crippen LogP) is 6.62. The van der Waals surface area contributed by atoms with Gasteiger partial charge in [0.05, 0.1) is 22.6 Å². The number of benzene rings is 3. The molecular weight excluding hydrogens is 420 g/mol. The average Bonchev–Trinajstić information content (AvgIpc) is 3.18. The van der Waals surface area contributed by atoms with E-state index in [1.165, 1.54) is 24.3 Å². The number of carbonyl (C=O) groups excluding carboxylic acids is 1. The van der Waals surface area contributed by atoms with Gasteiger partial charge < -0.3 is 10.3 Å². The molecule has 0 fully saturated rings. The number of aromatic nitrogens is 2. The maximum Gasteiger partial charge on any atom is 0.224 e. The lowest BCUT2D eigenvalue weighted by Crippen LogP contribution is -2.12. The second kappa shape index (κ2) is 8.82. The van der Waals surface area contributed by atoms with E-state index in [1.807, 2.05) is 36.4 Å². The van der Waals surface area contributed by atoms with Gasteiger partial charge in [0, 0.05) is 22.7 Å². The molecule has 1 amide bonds. The minimum Gasteiger partial charge on any atom is -0.353 e. The van der Waals surface area contributed by atoms with Crippen LogP contribution in [-0.4, -0.2) is 15.9 Å². The van der Waals surface area contributed by atoms with E-state index in [4.69, 9.17) is 4.98 Å². The maximum absolute atomic E-state index is 14.0. The number of para-hydroxylation sites is 2. The Balaban J connectivity index is 1.42. The zero-order chi connectivity index (χ0) is 22.8. The molecule has 5 rings (SSSR count). The quantitative estimate of drug-likeness (QED) is 0.311. The van der Waals surface area contributed by atoms with Crippen molar-refractivity contribution in [3.8, 4) is 11.4 Å². The van der Waals surface area contributed by atoms with E-state index in [9.17, 15) is 13.6 Å². The topological polar surface area (TPSA) is 57.8 Å². The van der Waals surface area contributed by atoms with Gasteiger partial charge in [-0.15, -0.1) is 0 Å². The lowest BCUT2D eigenvalue weighted by Gasteiger charge is -2.08. The van der Waals surface area contributed by atoms with E-state index in [0.717, 1.165) is 38.8 Å². The summed E-state index contributed by atoms with van der Waals surface area (Å²) in [6.45, 7) is 0. The highest BCUT2D eigenvalue weighted by atomic mass is 19.1. The molecule has 0 aliphatic heterocycles. The number of aromatic amines is 1. The average molecular weight is 441 g/mol. The highest BCUT2D eigenvalue weighted by Crippen LogP contribution is 2.32. The zero-order valence-electron chi connectivity index (χ0n) is 17.7. The van der Waals surface area contributed by atoms with Gasteiger partial charge in [0.1, 0.15) is 11.6 Å². The number of hydrogen-bond acceptors (Lipinski definition) is 2. The molecule has 33 heavy (non-hydrogen) atoms. The van der Waals surface area contributed by atoms with Crippen LogP contribution in [0.3, 0.4) is 0 Å². The number of H-pyrrole nitrogens is 1. The number of amides is 1. The molecule has 0 aliphatic rings. The predicted molar refractivity (Wildman–Crippen MR) is 127 cm³/mol. The lowest BCUT2D eigenvalue weighted by atomic mass is 10.0. The molecule has 2 aromatic heterocycles. The molecule has 3 aromatic carbocycles. The largest absolute Gasteiger partial charge is 0.353 e. The van der Waals surface area contributed by atoms with E-state index in [-0.39, 0.29) is 23.8 Å². The van der Waals surface area contributed by atoms with Gasteiger partial charge in [-0.2, -0.15) is 0 Å². The molecule has 4 nitrogen and oxygen atoms in total. The number of carbonyl (C=O) groups is 1. The summed E-state index contributed by atoms with van der Waals surface area (Å²) in [6.07, 6.45) is 1.27. The molecule has 0 saturated carbocycles. The standard InChI is InChI=1S/C27H21F2N3O/c28-18-13-15-23-20(16-18)19(7-5-11-26(33)31-24-10-4-2-8-21(24)29)27(32-23)25-14-12-17-6-1-3-9-22(17)30-25/h1-4,6,8-10,12-16,32H,5,7,11H2,(H,31,33). The smallest absolute Gasteiger partial charge is 0.224 e. The third kappa shape index (κ3) is 4.32. The summed E-state index contributed by atoms with van der Waals surface area (Å²) in [5.74, 6) is -1.06. The van der Waals surface area contributed by atoms with Crippen molar-refractivity contribution < 1.29 is 13.6 Å². The third-order valence-electron chi connectivity index (χ3n) is 5.70. The van der Waals surface area contributed by atoms with Gasteiger partial charge >= 0.3 is 0 Å². The number of hydrogen-bond donors (Lipinski definition) is 2. The van der Waals surface area contributed by atoms with E-state index in [2.05, 4.69) is 10.3 Å². The number of aryl methyl sites for hydroxylation is 1. The third-order valence-corrected chi connectivity index (χ3v) is 5.70. The highest BCUT2D eigenvalue weighted by Gasteiger charge is 2.16. The van der Waals surface area contributed by atoms with E-state index in [1.54, 1.807) is 18.2 Å². The number of fused-ring (bicyclic) bond motifs is 2. The van der Waals surface area contributed by atoms with Gasteiger partial charge in [0.2, 0.25) is 5.91 Å². The van der Waals surface area contributed by atoms with E-state index in [0.29, 0.717) is 12.8 Å². The Hall–Kier alpha value is -4.06. The Morgan fingerprint density at radius 3 is 2.64 bits per heavy atom. The molecule has 0 radical (unpaired) electrons. The monoisotopic (exact) mass is 441 g/mol. The normalized spacial score (nSPS) is 11.2. The van der Waals surface area contributed by atoms with Crippen LogP contribution >= 0.6 is 0 Å². The van der Waals surface area contributed by atoms with Crippen molar-refractivity contribution in [1.82, 2.24) is 9.97 Å². The summed E-state index contributed by atoms with van der Waals surface area (Å²) in [5.41, 5.74) is 4.33. The Morgan fingerprint density at radius 1 is 0.939 bits per heavy atom. The summed E-state index contributed by atoms with van der Waals surface area (Å²) < 4.78 is 27.8. The Kier molecular flexibility index (Phi) is 5.57. The number of anilines is 1. The van der Waals surface area contributed by atoms with Crippen LogP contribution in [0.25, 0.3) is 33.2 Å². The van der Waals surface area contributed by atoms with Crippen LogP contribution in [-0.2, 0) is 11.2 Å². The molecule has 5 aromatic rings. The van der Waals surface area contributed by atoms with Gasteiger partial charge in [-0.1, -0.05) is 36.4 Å². The Bertz CT molecular complexity index is 1480. The maximum atomic E-state index is 14.0. The molecule has 6 heteroatoms. The van der Waals surface area contributed by atoms with Crippen molar-refractivity contribution in [3.05, 3.63) is 96.1 Å². The highest BCUT2D eigenvalue weighted by molar-refractivity contribution is 5.92. The van der Waals surface area contributed by atoms with Crippen molar-refractivity contribution in [1.29, 1.82) is 0 Å². The summed E-state index contributed by atoms with van der Waals surface area (Å²) in [4.78, 5) is 20.5. The minimum atomic E-state index is -0.470. The fraction of sp³-hybridized carbons (Fsp3) is 0.111. The number of nitrogens with one attached hydrogen (secondary N) is 2. The van der Waals surface area contributed by atoms with Crippen molar-refractivity contribution >= 4 is 33.4 Å². The molecule has 0 saturated heterocycles. The molecule has 0 aliphatic carbocycles. The molecule has 0 atom stereocenters. The number of rotatable bonds is 6. The number of halogens is 2. The lowest BCUT2D eigenvalue weighted by molar-refractivity contribution is -0.116. The fourth-order valence-corrected chi connectivity index (χ4v) is 4.10. The number of nitrogens with zero attached hydrogens (tertiary/aromatic N) is 1. The molecule has 0 unspecified atom stereocenters. The molecule has 2 heterocycles. The Morgan fingerprint density at radius 2 is 1.76 bits per heavy atom. The fourth-order valence-electron chi connectivity index (χ4n) is 4.10. The molecular formula is C27H21F2N3O. The zero-order valence-corrected chi connectivity index (χ0v) is 17.7. The molecule has 2 N–H and O–H groups in total. The summed E-state index contributed by atoms with van der Waals surface area (Å²) in [6, 6.07) is 22.5. The van der Waals surface area contributed by atoms with Crippen molar-refractivity contribution in [2.45, 2.75) is 19.3 Å². The SMILES string of the molecule is O=C(CCCc1c(-c2ccc3ccccc3n2)[nH]c2ccc(F)cc12)Nc1ccccc1F. The van der Waals surface area contributed by atoms with Crippen LogP contribution in [0.15, 0.2) is 78.9 Å². The van der Waals surface area contributed by atoms with Crippen LogP contribution in [0.5, 0.6) is 0 Å². The summed E-state index contributed by atoms with van der Waals surface area (Å²) >= 11 is 0. The second-order valence-corrected chi connectivity index (χ2v) is 7.94. The van der Waals surface area contributed by atoms with E-state index < -0.39 is 5.82 Å². The molecule has 0 spiro atoms. The first-order valence-electron chi connectivity index (χ1n) is 10.8.